The van der Waals surface area contributed by atoms with Crippen LogP contribution in [0.5, 0.6) is 0 Å². The van der Waals surface area contributed by atoms with Gasteiger partial charge in [0.1, 0.15) is 12.3 Å². The van der Waals surface area contributed by atoms with E-state index in [1.165, 1.54) is 0 Å². The van der Waals surface area contributed by atoms with Crippen LogP contribution in [-0.4, -0.2) is 24.1 Å². The van der Waals surface area contributed by atoms with Crippen LogP contribution in [0.1, 0.15) is 12.8 Å². The highest BCUT2D eigenvalue weighted by Crippen LogP contribution is 2.36. The first-order valence-corrected chi connectivity index (χ1v) is 4.16. The van der Waals surface area contributed by atoms with Gasteiger partial charge in [-0.25, -0.2) is 17.6 Å². The van der Waals surface area contributed by atoms with Crippen LogP contribution >= 0.6 is 11.6 Å². The molecule has 12 heavy (non-hydrogen) atoms. The van der Waals surface area contributed by atoms with Crippen LogP contribution in [-0.2, 0) is 0 Å². The Labute approximate surface area is 72.9 Å². The van der Waals surface area contributed by atoms with Crippen molar-refractivity contribution in [1.29, 1.82) is 0 Å². The summed E-state index contributed by atoms with van der Waals surface area (Å²) in [5.41, 5.74) is 0. The minimum atomic E-state index is -2.93. The number of hydrogen-bond acceptors (Lipinski definition) is 0. The van der Waals surface area contributed by atoms with Crippen LogP contribution in [0.25, 0.3) is 0 Å². The van der Waals surface area contributed by atoms with E-state index in [-0.39, 0.29) is 12.8 Å². The standard InChI is InChI=1S/C7H9ClF4/c8-3-1-4(9)6(7(11)12)5(10)2-3/h3-7H,1-2H2. The van der Waals surface area contributed by atoms with Crippen molar-refractivity contribution in [3.8, 4) is 0 Å². The molecule has 0 amide bonds. The third-order valence-corrected chi connectivity index (χ3v) is 2.44. The van der Waals surface area contributed by atoms with E-state index in [0.717, 1.165) is 0 Å². The first-order valence-electron chi connectivity index (χ1n) is 3.72. The number of alkyl halides is 5. The van der Waals surface area contributed by atoms with E-state index in [2.05, 4.69) is 0 Å². The van der Waals surface area contributed by atoms with Crippen molar-refractivity contribution in [2.24, 2.45) is 5.92 Å². The smallest absolute Gasteiger partial charge is 0.247 e. The Morgan fingerprint density at radius 2 is 1.50 bits per heavy atom. The van der Waals surface area contributed by atoms with E-state index in [1.807, 2.05) is 0 Å². The Bertz CT molecular complexity index is 140. The molecule has 5 heteroatoms. The van der Waals surface area contributed by atoms with Crippen molar-refractivity contribution < 1.29 is 17.6 Å². The fourth-order valence-electron chi connectivity index (χ4n) is 1.44. The molecule has 1 saturated carbocycles. The molecule has 0 aromatic heterocycles. The Morgan fingerprint density at radius 1 is 1.08 bits per heavy atom. The lowest BCUT2D eigenvalue weighted by atomic mass is 9.86. The van der Waals surface area contributed by atoms with Crippen LogP contribution in [0.15, 0.2) is 0 Å². The van der Waals surface area contributed by atoms with Crippen LogP contribution in [0.2, 0.25) is 0 Å². The molecule has 0 N–H and O–H groups in total. The van der Waals surface area contributed by atoms with E-state index in [9.17, 15) is 17.6 Å². The molecule has 0 aromatic carbocycles. The SMILES string of the molecule is FC(F)C1C(F)CC(Cl)CC1F. The molecule has 0 heterocycles. The summed E-state index contributed by atoms with van der Waals surface area (Å²) >= 11 is 5.45. The molecule has 0 nitrogen and oxygen atoms in total. The minimum Gasteiger partial charge on any atom is -0.247 e. The van der Waals surface area contributed by atoms with Crippen molar-refractivity contribution in [1.82, 2.24) is 0 Å². The predicted octanol–water partition coefficient (Wildman–Crippen LogP) is 2.95. The van der Waals surface area contributed by atoms with Crippen molar-refractivity contribution in [3.05, 3.63) is 0 Å². The summed E-state index contributed by atoms with van der Waals surface area (Å²) in [6.07, 6.45) is -6.89. The third kappa shape index (κ3) is 2.03. The molecule has 72 valence electrons. The second-order valence-corrected chi connectivity index (χ2v) is 3.63. The molecule has 0 saturated heterocycles. The second-order valence-electron chi connectivity index (χ2n) is 3.01. The first kappa shape index (κ1) is 10.1. The Hall–Kier alpha value is 0.01000. The maximum Gasteiger partial charge on any atom is 0.247 e. The molecule has 0 aromatic rings. The largest absolute Gasteiger partial charge is 0.247 e. The molecule has 1 rings (SSSR count). The molecule has 2 atom stereocenters. The Kier molecular flexibility index (Phi) is 3.21. The van der Waals surface area contributed by atoms with Gasteiger partial charge in [-0.3, -0.25) is 0 Å². The van der Waals surface area contributed by atoms with Gasteiger partial charge in [0.05, 0.1) is 5.92 Å². The number of halogens is 5. The van der Waals surface area contributed by atoms with Gasteiger partial charge in [0, 0.05) is 5.38 Å². The van der Waals surface area contributed by atoms with Gasteiger partial charge in [-0.1, -0.05) is 0 Å². The summed E-state index contributed by atoms with van der Waals surface area (Å²) in [6, 6.07) is 0. The van der Waals surface area contributed by atoms with Crippen molar-refractivity contribution in [2.75, 3.05) is 0 Å². The molecule has 0 radical (unpaired) electrons. The van der Waals surface area contributed by atoms with E-state index >= 15 is 0 Å². The topological polar surface area (TPSA) is 0 Å². The maximum absolute atomic E-state index is 12.8. The second kappa shape index (κ2) is 3.81. The zero-order valence-electron chi connectivity index (χ0n) is 6.19. The quantitative estimate of drug-likeness (QED) is 0.455. The van der Waals surface area contributed by atoms with Crippen LogP contribution in [0.4, 0.5) is 17.6 Å². The lowest BCUT2D eigenvalue weighted by Crippen LogP contribution is -2.40. The number of rotatable bonds is 1. The van der Waals surface area contributed by atoms with Gasteiger partial charge in [-0.05, 0) is 12.8 Å². The van der Waals surface area contributed by atoms with Gasteiger partial charge >= 0.3 is 0 Å². The Morgan fingerprint density at radius 3 is 1.83 bits per heavy atom. The molecular weight excluding hydrogens is 196 g/mol. The molecule has 1 aliphatic rings. The first-order chi connectivity index (χ1) is 5.52. The van der Waals surface area contributed by atoms with Crippen molar-refractivity contribution in [2.45, 2.75) is 37.0 Å². The van der Waals surface area contributed by atoms with Gasteiger partial charge in [0.15, 0.2) is 0 Å². The Balaban J connectivity index is 2.60. The van der Waals surface area contributed by atoms with Crippen LogP contribution in [0, 0.1) is 5.92 Å². The molecule has 1 fully saturated rings. The average Bonchev–Trinajstić information content (AvgIpc) is 1.82. The fraction of sp³-hybridized carbons (Fsp3) is 1.00. The summed E-state index contributed by atoms with van der Waals surface area (Å²) in [7, 11) is 0. The molecule has 1 aliphatic carbocycles. The van der Waals surface area contributed by atoms with Gasteiger partial charge in [-0.15, -0.1) is 11.6 Å². The third-order valence-electron chi connectivity index (χ3n) is 2.09. The van der Waals surface area contributed by atoms with Gasteiger partial charge in [-0.2, -0.15) is 0 Å². The monoisotopic (exact) mass is 204 g/mol. The van der Waals surface area contributed by atoms with Gasteiger partial charge in [0.25, 0.3) is 0 Å². The predicted molar refractivity (Wildman–Crippen MR) is 38.2 cm³/mol. The van der Waals surface area contributed by atoms with Crippen LogP contribution < -0.4 is 0 Å². The summed E-state index contributed by atoms with van der Waals surface area (Å²) in [5, 5.41) is -0.648. The lowest BCUT2D eigenvalue weighted by molar-refractivity contribution is -0.0374. The highest BCUT2D eigenvalue weighted by atomic mass is 35.5. The minimum absolute atomic E-state index is 0.170. The van der Waals surface area contributed by atoms with Crippen molar-refractivity contribution >= 4 is 11.6 Å². The summed E-state index contributed by atoms with van der Waals surface area (Å²) < 4.78 is 49.6. The molecule has 0 spiro atoms. The number of hydrogen-bond donors (Lipinski definition) is 0. The highest BCUT2D eigenvalue weighted by molar-refractivity contribution is 6.20. The molecular formula is C7H9ClF4. The van der Waals surface area contributed by atoms with Gasteiger partial charge < -0.3 is 0 Å². The highest BCUT2D eigenvalue weighted by Gasteiger charge is 2.43. The summed E-state index contributed by atoms with van der Waals surface area (Å²) in [6.45, 7) is 0. The lowest BCUT2D eigenvalue weighted by Gasteiger charge is -2.31. The molecule has 0 bridgehead atoms. The zero-order valence-corrected chi connectivity index (χ0v) is 6.95. The van der Waals surface area contributed by atoms with E-state index in [1.54, 1.807) is 0 Å². The molecule has 0 aliphatic heterocycles. The van der Waals surface area contributed by atoms with E-state index in [0.29, 0.717) is 0 Å². The van der Waals surface area contributed by atoms with Crippen molar-refractivity contribution in [3.63, 3.8) is 0 Å². The molecule has 2 unspecified atom stereocenters. The summed E-state index contributed by atoms with van der Waals surface area (Å²) in [5.74, 6) is -1.78. The van der Waals surface area contributed by atoms with E-state index < -0.39 is 30.1 Å². The normalized spacial score (nSPS) is 43.5. The van der Waals surface area contributed by atoms with E-state index in [4.69, 9.17) is 11.6 Å². The average molecular weight is 205 g/mol. The van der Waals surface area contributed by atoms with Crippen LogP contribution in [0.3, 0.4) is 0 Å². The maximum atomic E-state index is 12.8. The summed E-state index contributed by atoms with van der Waals surface area (Å²) in [4.78, 5) is 0. The zero-order chi connectivity index (χ0) is 9.30. The fourth-order valence-corrected chi connectivity index (χ4v) is 1.78. The van der Waals surface area contributed by atoms with Gasteiger partial charge in [0.2, 0.25) is 6.43 Å².